The Hall–Kier alpha value is -2.22. The van der Waals surface area contributed by atoms with Crippen molar-refractivity contribution >= 4 is 21.6 Å². The first-order chi connectivity index (χ1) is 11.5. The molecule has 0 aliphatic heterocycles. The van der Waals surface area contributed by atoms with Gasteiger partial charge < -0.3 is 9.64 Å². The number of hydrogen-bond acceptors (Lipinski definition) is 4. The summed E-state index contributed by atoms with van der Waals surface area (Å²) in [6, 6.07) is 15.1. The van der Waals surface area contributed by atoms with E-state index in [0.29, 0.717) is 5.56 Å². The van der Waals surface area contributed by atoms with Crippen LogP contribution < -0.4 is 9.62 Å². The highest BCUT2D eigenvalue weighted by molar-refractivity contribution is 7.89. The van der Waals surface area contributed by atoms with Crippen molar-refractivity contribution < 1.29 is 17.9 Å². The number of carbonyl (C=O) groups excluding carboxylic acids is 1. The average Bonchev–Trinajstić information content (AvgIpc) is 2.61. The molecule has 0 fully saturated rings. The number of ether oxygens (including phenoxy) is 1. The molecule has 2 aromatic rings. The number of benzene rings is 2. The monoisotopic (exact) mass is 348 g/mol. The Kier molecular flexibility index (Phi) is 6.08. The van der Waals surface area contributed by atoms with E-state index in [1.54, 1.807) is 7.05 Å². The Morgan fingerprint density at radius 2 is 1.71 bits per heavy atom. The zero-order chi connectivity index (χ0) is 17.6. The molecule has 1 amide bonds. The highest BCUT2D eigenvalue weighted by atomic mass is 32.2. The normalized spacial score (nSPS) is 11.2. The summed E-state index contributed by atoms with van der Waals surface area (Å²) >= 11 is 0. The molecular formula is C17H20N2O4S. The maximum absolute atomic E-state index is 12.5. The molecule has 0 unspecified atom stereocenters. The van der Waals surface area contributed by atoms with E-state index >= 15 is 0 Å². The van der Waals surface area contributed by atoms with Crippen LogP contribution in [0.2, 0.25) is 0 Å². The molecule has 7 heteroatoms. The number of nitrogens with one attached hydrogen (secondary N) is 1. The maximum Gasteiger partial charge on any atom is 0.258 e. The number of sulfonamides is 1. The number of methoxy groups -OCH3 is 1. The number of hydrogen-bond donors (Lipinski definition) is 1. The van der Waals surface area contributed by atoms with Crippen LogP contribution in [-0.4, -0.2) is 41.6 Å². The second-order valence-corrected chi connectivity index (χ2v) is 6.88. The van der Waals surface area contributed by atoms with Gasteiger partial charge in [-0.1, -0.05) is 18.2 Å². The van der Waals surface area contributed by atoms with E-state index in [9.17, 15) is 13.2 Å². The van der Waals surface area contributed by atoms with Gasteiger partial charge in [0.1, 0.15) is 0 Å². The fourth-order valence-electron chi connectivity index (χ4n) is 2.10. The van der Waals surface area contributed by atoms with Crippen LogP contribution in [0.1, 0.15) is 10.4 Å². The molecule has 0 radical (unpaired) electrons. The first-order valence-electron chi connectivity index (χ1n) is 7.37. The number of nitrogens with zero attached hydrogens (tertiary/aromatic N) is 1. The molecule has 1 N–H and O–H groups in total. The third-order valence-corrected chi connectivity index (χ3v) is 4.93. The zero-order valence-electron chi connectivity index (χ0n) is 13.6. The summed E-state index contributed by atoms with van der Waals surface area (Å²) in [4.78, 5) is 14.1. The van der Waals surface area contributed by atoms with E-state index < -0.39 is 10.0 Å². The van der Waals surface area contributed by atoms with Crippen LogP contribution in [0.4, 0.5) is 5.69 Å². The van der Waals surface area contributed by atoms with Crippen molar-refractivity contribution in [3.05, 3.63) is 60.2 Å². The third kappa shape index (κ3) is 4.41. The molecule has 0 atom stereocenters. The topological polar surface area (TPSA) is 75.7 Å². The first-order valence-corrected chi connectivity index (χ1v) is 8.86. The number of rotatable bonds is 7. The van der Waals surface area contributed by atoms with Crippen molar-refractivity contribution in [1.82, 2.24) is 4.72 Å². The highest BCUT2D eigenvalue weighted by Gasteiger charge is 2.16. The van der Waals surface area contributed by atoms with Gasteiger partial charge >= 0.3 is 0 Å². The SMILES string of the molecule is COCCNS(=O)(=O)c1ccc(C(=O)N(C)c2ccccc2)cc1. The van der Waals surface area contributed by atoms with Crippen molar-refractivity contribution in [3.8, 4) is 0 Å². The molecule has 0 bridgehead atoms. The Labute approximate surface area is 142 Å². The van der Waals surface area contributed by atoms with Crippen LogP contribution in [0.15, 0.2) is 59.5 Å². The fourth-order valence-corrected chi connectivity index (χ4v) is 3.11. The van der Waals surface area contributed by atoms with Crippen LogP contribution in [-0.2, 0) is 14.8 Å². The zero-order valence-corrected chi connectivity index (χ0v) is 14.4. The quantitative estimate of drug-likeness (QED) is 0.775. The molecule has 24 heavy (non-hydrogen) atoms. The molecule has 0 aliphatic rings. The van der Waals surface area contributed by atoms with E-state index in [1.807, 2.05) is 30.3 Å². The lowest BCUT2D eigenvalue weighted by Crippen LogP contribution is -2.28. The molecule has 0 aliphatic carbocycles. The van der Waals surface area contributed by atoms with Crippen LogP contribution in [0.5, 0.6) is 0 Å². The van der Waals surface area contributed by atoms with Gasteiger partial charge in [-0.2, -0.15) is 0 Å². The molecule has 0 aromatic heterocycles. The largest absolute Gasteiger partial charge is 0.383 e. The minimum Gasteiger partial charge on any atom is -0.383 e. The minimum absolute atomic E-state index is 0.109. The van der Waals surface area contributed by atoms with Gasteiger partial charge in [-0.25, -0.2) is 13.1 Å². The van der Waals surface area contributed by atoms with Crippen LogP contribution in [0.25, 0.3) is 0 Å². The fraction of sp³-hybridized carbons (Fsp3) is 0.235. The molecule has 0 spiro atoms. The van der Waals surface area contributed by atoms with Gasteiger partial charge in [0.2, 0.25) is 10.0 Å². The Balaban J connectivity index is 2.13. The van der Waals surface area contributed by atoms with E-state index in [-0.39, 0.29) is 24.0 Å². The van der Waals surface area contributed by atoms with Crippen LogP contribution >= 0.6 is 0 Å². The predicted octanol–water partition coefficient (Wildman–Crippen LogP) is 1.89. The van der Waals surface area contributed by atoms with E-state index in [4.69, 9.17) is 4.74 Å². The molecule has 2 aromatic carbocycles. The Morgan fingerprint density at radius 3 is 2.29 bits per heavy atom. The lowest BCUT2D eigenvalue weighted by atomic mass is 10.2. The van der Waals surface area contributed by atoms with Gasteiger partial charge in [0.25, 0.3) is 5.91 Å². The molecule has 0 saturated carbocycles. The van der Waals surface area contributed by atoms with Gasteiger partial charge in [-0.05, 0) is 36.4 Å². The van der Waals surface area contributed by atoms with Gasteiger partial charge in [0, 0.05) is 32.0 Å². The summed E-state index contributed by atoms with van der Waals surface area (Å²) in [7, 11) is -0.429. The standard InChI is InChI=1S/C17H20N2O4S/c1-19(15-6-4-3-5-7-15)17(20)14-8-10-16(11-9-14)24(21,22)18-12-13-23-2/h3-11,18H,12-13H2,1-2H3. The lowest BCUT2D eigenvalue weighted by molar-refractivity contribution is 0.0993. The second kappa shape index (κ2) is 8.05. The smallest absolute Gasteiger partial charge is 0.258 e. The number of anilines is 1. The number of carbonyl (C=O) groups is 1. The summed E-state index contributed by atoms with van der Waals surface area (Å²) in [5.74, 6) is -0.211. The molecule has 6 nitrogen and oxygen atoms in total. The van der Waals surface area contributed by atoms with Crippen molar-refractivity contribution in [2.45, 2.75) is 4.90 Å². The van der Waals surface area contributed by atoms with Gasteiger partial charge in [0.15, 0.2) is 0 Å². The van der Waals surface area contributed by atoms with Crippen molar-refractivity contribution in [2.24, 2.45) is 0 Å². The minimum atomic E-state index is -3.60. The van der Waals surface area contributed by atoms with E-state index in [1.165, 1.54) is 36.3 Å². The molecule has 2 rings (SSSR count). The third-order valence-electron chi connectivity index (χ3n) is 3.46. The van der Waals surface area contributed by atoms with E-state index in [2.05, 4.69) is 4.72 Å². The molecule has 0 heterocycles. The van der Waals surface area contributed by atoms with Crippen molar-refractivity contribution in [3.63, 3.8) is 0 Å². The molecule has 128 valence electrons. The van der Waals surface area contributed by atoms with Crippen molar-refractivity contribution in [1.29, 1.82) is 0 Å². The summed E-state index contributed by atoms with van der Waals surface area (Å²) in [6.45, 7) is 0.480. The van der Waals surface area contributed by atoms with Gasteiger partial charge in [0.05, 0.1) is 11.5 Å². The first kappa shape index (κ1) is 18.1. The highest BCUT2D eigenvalue weighted by Crippen LogP contribution is 2.16. The summed E-state index contributed by atoms with van der Waals surface area (Å²) in [5, 5.41) is 0. The van der Waals surface area contributed by atoms with Crippen LogP contribution in [0, 0.1) is 0 Å². The number of para-hydroxylation sites is 1. The summed E-state index contributed by atoms with van der Waals surface area (Å²) < 4.78 is 31.4. The van der Waals surface area contributed by atoms with Gasteiger partial charge in [-0.3, -0.25) is 4.79 Å². The average molecular weight is 348 g/mol. The van der Waals surface area contributed by atoms with Crippen LogP contribution in [0.3, 0.4) is 0 Å². The Morgan fingerprint density at radius 1 is 1.08 bits per heavy atom. The number of amides is 1. The summed E-state index contributed by atoms with van der Waals surface area (Å²) in [5.41, 5.74) is 1.18. The van der Waals surface area contributed by atoms with Crippen molar-refractivity contribution in [2.75, 3.05) is 32.2 Å². The molecular weight excluding hydrogens is 328 g/mol. The van der Waals surface area contributed by atoms with E-state index in [0.717, 1.165) is 5.69 Å². The lowest BCUT2D eigenvalue weighted by Gasteiger charge is -2.17. The maximum atomic E-state index is 12.5. The summed E-state index contributed by atoms with van der Waals surface area (Å²) in [6.07, 6.45) is 0. The van der Waals surface area contributed by atoms with Gasteiger partial charge in [-0.15, -0.1) is 0 Å². The Bertz CT molecular complexity index is 774. The predicted molar refractivity (Wildman–Crippen MR) is 92.7 cm³/mol. The second-order valence-electron chi connectivity index (χ2n) is 5.11. The molecule has 0 saturated heterocycles.